The Morgan fingerprint density at radius 1 is 1.33 bits per heavy atom. The molecule has 0 spiro atoms. The molecule has 1 N–H and O–H groups in total. The zero-order valence-electron chi connectivity index (χ0n) is 10.9. The van der Waals surface area contributed by atoms with Crippen LogP contribution in [0.2, 0.25) is 0 Å². The van der Waals surface area contributed by atoms with Crippen molar-refractivity contribution in [2.24, 2.45) is 11.8 Å². The highest BCUT2D eigenvalue weighted by Crippen LogP contribution is 2.29. The molecule has 2 atom stereocenters. The molecule has 2 saturated heterocycles. The number of hydrogen-bond donors (Lipinski definition) is 1. The molecule has 2 unspecified atom stereocenters. The maximum Gasteiger partial charge on any atom is 0.139 e. The summed E-state index contributed by atoms with van der Waals surface area (Å²) in [5.41, 5.74) is 1.21. The van der Waals surface area contributed by atoms with E-state index < -0.39 is 0 Å². The highest BCUT2D eigenvalue weighted by molar-refractivity contribution is 5.48. The summed E-state index contributed by atoms with van der Waals surface area (Å²) in [6.07, 6.45) is 5.12. The first-order valence-electron chi connectivity index (χ1n) is 6.88. The van der Waals surface area contributed by atoms with Gasteiger partial charge in [-0.2, -0.15) is 0 Å². The van der Waals surface area contributed by atoms with Gasteiger partial charge in [-0.15, -0.1) is 0 Å². The standard InChI is InChI=1S/C14H21N3O/c1-2-18-14-4-13(7-16-8-14)17-9-11-3-12(10-17)6-15-5-11/h4,7-8,11-12,15H,2-3,5-6,9-10H2,1H3. The summed E-state index contributed by atoms with van der Waals surface area (Å²) in [6, 6.07) is 2.12. The molecule has 0 radical (unpaired) electrons. The van der Waals surface area contributed by atoms with Crippen molar-refractivity contribution in [3.63, 3.8) is 0 Å². The Bertz CT molecular complexity index is 398. The molecule has 4 heteroatoms. The van der Waals surface area contributed by atoms with Crippen LogP contribution >= 0.6 is 0 Å². The number of rotatable bonds is 3. The minimum absolute atomic E-state index is 0.695. The van der Waals surface area contributed by atoms with Gasteiger partial charge in [0.15, 0.2) is 0 Å². The number of hydrogen-bond acceptors (Lipinski definition) is 4. The molecule has 0 aliphatic carbocycles. The van der Waals surface area contributed by atoms with Crippen LogP contribution in [0.4, 0.5) is 5.69 Å². The van der Waals surface area contributed by atoms with Gasteiger partial charge in [0.05, 0.1) is 24.7 Å². The summed E-state index contributed by atoms with van der Waals surface area (Å²) in [6.45, 7) is 7.29. The lowest BCUT2D eigenvalue weighted by molar-refractivity contribution is 0.249. The first-order chi connectivity index (χ1) is 8.85. The van der Waals surface area contributed by atoms with Crippen molar-refractivity contribution in [1.29, 1.82) is 0 Å². The summed E-state index contributed by atoms with van der Waals surface area (Å²) in [5, 5.41) is 3.52. The third-order valence-corrected chi connectivity index (χ3v) is 3.86. The molecule has 3 rings (SSSR count). The number of nitrogens with one attached hydrogen (secondary N) is 1. The minimum Gasteiger partial charge on any atom is -0.492 e. The fourth-order valence-corrected chi connectivity index (χ4v) is 3.14. The lowest BCUT2D eigenvalue weighted by Gasteiger charge is -2.42. The van der Waals surface area contributed by atoms with Gasteiger partial charge in [-0.05, 0) is 38.3 Å². The van der Waals surface area contributed by atoms with Crippen molar-refractivity contribution in [1.82, 2.24) is 10.3 Å². The molecule has 3 heterocycles. The molecule has 2 bridgehead atoms. The van der Waals surface area contributed by atoms with E-state index in [1.807, 2.05) is 13.1 Å². The minimum atomic E-state index is 0.695. The maximum absolute atomic E-state index is 5.53. The van der Waals surface area contributed by atoms with E-state index in [9.17, 15) is 0 Å². The van der Waals surface area contributed by atoms with E-state index in [0.717, 1.165) is 43.8 Å². The normalized spacial score (nSPS) is 27.1. The number of piperidine rings is 2. The van der Waals surface area contributed by atoms with Crippen molar-refractivity contribution < 1.29 is 4.74 Å². The molecular formula is C14H21N3O. The molecule has 1 aromatic rings. The van der Waals surface area contributed by atoms with E-state index in [0.29, 0.717) is 6.61 Å². The lowest BCUT2D eigenvalue weighted by Crippen LogP contribution is -2.51. The third kappa shape index (κ3) is 2.43. The van der Waals surface area contributed by atoms with Gasteiger partial charge >= 0.3 is 0 Å². The number of pyridine rings is 1. The predicted molar refractivity (Wildman–Crippen MR) is 72.1 cm³/mol. The fourth-order valence-electron chi connectivity index (χ4n) is 3.14. The van der Waals surface area contributed by atoms with Gasteiger partial charge in [0, 0.05) is 19.2 Å². The van der Waals surface area contributed by atoms with Crippen LogP contribution in [0.1, 0.15) is 13.3 Å². The van der Waals surface area contributed by atoms with Crippen molar-refractivity contribution in [3.8, 4) is 5.75 Å². The summed E-state index contributed by atoms with van der Waals surface area (Å²) in [7, 11) is 0. The number of aromatic nitrogens is 1. The number of ether oxygens (including phenoxy) is 1. The van der Waals surface area contributed by atoms with E-state index in [1.165, 1.54) is 12.1 Å². The highest BCUT2D eigenvalue weighted by atomic mass is 16.5. The quantitative estimate of drug-likeness (QED) is 0.879. The fraction of sp³-hybridized carbons (Fsp3) is 0.643. The first kappa shape index (κ1) is 11.8. The van der Waals surface area contributed by atoms with Gasteiger partial charge in [-0.3, -0.25) is 4.98 Å². The SMILES string of the molecule is CCOc1cncc(N2CC3CNCC(C3)C2)c1. The van der Waals surface area contributed by atoms with Crippen LogP contribution in [0.5, 0.6) is 5.75 Å². The third-order valence-electron chi connectivity index (χ3n) is 3.86. The first-order valence-corrected chi connectivity index (χ1v) is 6.88. The van der Waals surface area contributed by atoms with E-state index in [4.69, 9.17) is 4.74 Å². The zero-order valence-corrected chi connectivity index (χ0v) is 10.9. The smallest absolute Gasteiger partial charge is 0.139 e. The molecular weight excluding hydrogens is 226 g/mol. The largest absolute Gasteiger partial charge is 0.492 e. The van der Waals surface area contributed by atoms with Crippen molar-refractivity contribution in [2.75, 3.05) is 37.7 Å². The molecule has 1 aromatic heterocycles. The van der Waals surface area contributed by atoms with Gasteiger partial charge in [0.2, 0.25) is 0 Å². The second-order valence-corrected chi connectivity index (χ2v) is 5.34. The Labute approximate surface area is 108 Å². The summed E-state index contributed by atoms with van der Waals surface area (Å²) >= 11 is 0. The van der Waals surface area contributed by atoms with Crippen LogP contribution in [-0.4, -0.2) is 37.8 Å². The van der Waals surface area contributed by atoms with Gasteiger partial charge in [-0.1, -0.05) is 0 Å². The van der Waals surface area contributed by atoms with Gasteiger partial charge in [-0.25, -0.2) is 0 Å². The van der Waals surface area contributed by atoms with Gasteiger partial charge in [0.1, 0.15) is 5.75 Å². The highest BCUT2D eigenvalue weighted by Gasteiger charge is 2.30. The van der Waals surface area contributed by atoms with Gasteiger partial charge in [0.25, 0.3) is 0 Å². The molecule has 4 nitrogen and oxygen atoms in total. The summed E-state index contributed by atoms with van der Waals surface area (Å²) in [4.78, 5) is 6.76. The van der Waals surface area contributed by atoms with Crippen LogP contribution in [0.15, 0.2) is 18.5 Å². The van der Waals surface area contributed by atoms with Crippen LogP contribution in [0, 0.1) is 11.8 Å². The Morgan fingerprint density at radius 2 is 2.11 bits per heavy atom. The molecule has 2 aliphatic heterocycles. The van der Waals surface area contributed by atoms with Crippen LogP contribution < -0.4 is 15.0 Å². The predicted octanol–water partition coefficient (Wildman–Crippen LogP) is 1.53. The second-order valence-electron chi connectivity index (χ2n) is 5.34. The zero-order chi connectivity index (χ0) is 12.4. The van der Waals surface area contributed by atoms with Crippen molar-refractivity contribution in [2.45, 2.75) is 13.3 Å². The summed E-state index contributed by atoms with van der Waals surface area (Å²) < 4.78 is 5.53. The van der Waals surface area contributed by atoms with E-state index in [2.05, 4.69) is 21.3 Å². The van der Waals surface area contributed by atoms with Crippen molar-refractivity contribution >= 4 is 5.69 Å². The molecule has 0 saturated carbocycles. The van der Waals surface area contributed by atoms with Crippen LogP contribution in [-0.2, 0) is 0 Å². The average Bonchev–Trinajstić information content (AvgIpc) is 2.39. The molecule has 0 aromatic carbocycles. The van der Waals surface area contributed by atoms with Crippen LogP contribution in [0.25, 0.3) is 0 Å². The monoisotopic (exact) mass is 247 g/mol. The van der Waals surface area contributed by atoms with Gasteiger partial charge < -0.3 is 15.0 Å². The van der Waals surface area contributed by atoms with Crippen LogP contribution in [0.3, 0.4) is 0 Å². The van der Waals surface area contributed by atoms with E-state index in [-0.39, 0.29) is 0 Å². The summed E-state index contributed by atoms with van der Waals surface area (Å²) in [5.74, 6) is 2.45. The Morgan fingerprint density at radius 3 is 2.83 bits per heavy atom. The average molecular weight is 247 g/mol. The Hall–Kier alpha value is -1.29. The Kier molecular flexibility index (Phi) is 3.37. The van der Waals surface area contributed by atoms with Crippen molar-refractivity contribution in [3.05, 3.63) is 18.5 Å². The lowest BCUT2D eigenvalue weighted by atomic mass is 9.86. The molecule has 2 aliphatic rings. The number of nitrogens with zero attached hydrogens (tertiary/aromatic N) is 2. The molecule has 2 fully saturated rings. The molecule has 18 heavy (non-hydrogen) atoms. The Balaban J connectivity index is 1.75. The van der Waals surface area contributed by atoms with E-state index >= 15 is 0 Å². The number of fused-ring (bicyclic) bond motifs is 2. The molecule has 0 amide bonds. The number of anilines is 1. The maximum atomic E-state index is 5.53. The second kappa shape index (κ2) is 5.14. The van der Waals surface area contributed by atoms with E-state index in [1.54, 1.807) is 6.20 Å². The topological polar surface area (TPSA) is 37.4 Å². The molecule has 98 valence electrons.